The lowest BCUT2D eigenvalue weighted by molar-refractivity contribution is 0.514. The highest BCUT2D eigenvalue weighted by Gasteiger charge is 2.17. The van der Waals surface area contributed by atoms with Crippen LogP contribution in [0.2, 0.25) is 0 Å². The van der Waals surface area contributed by atoms with Crippen molar-refractivity contribution in [3.05, 3.63) is 64.0 Å². The second-order valence-electron chi connectivity index (χ2n) is 4.93. The summed E-state index contributed by atoms with van der Waals surface area (Å²) in [5, 5.41) is 11.3. The molecule has 1 heterocycles. The maximum atomic E-state index is 12.0. The van der Waals surface area contributed by atoms with Gasteiger partial charge in [0.1, 0.15) is 11.8 Å². The topological polar surface area (TPSA) is 54.0 Å². The standard InChI is InChI=1S/C18H13NO2S/c1-11-16(21-18(20)15(10-19)17(11)22-2)14-8-7-12-5-3-4-6-13(12)9-14/h3-9H,1-2H3. The molecule has 0 aliphatic rings. The minimum absolute atomic E-state index is 0.0783. The molecular weight excluding hydrogens is 294 g/mol. The Morgan fingerprint density at radius 1 is 1.14 bits per heavy atom. The largest absolute Gasteiger partial charge is 0.421 e. The lowest BCUT2D eigenvalue weighted by Gasteiger charge is -2.10. The third-order valence-corrected chi connectivity index (χ3v) is 4.55. The molecule has 0 aliphatic carbocycles. The summed E-state index contributed by atoms with van der Waals surface area (Å²) in [6.45, 7) is 1.88. The molecule has 1 aromatic heterocycles. The summed E-state index contributed by atoms with van der Waals surface area (Å²) < 4.78 is 5.42. The van der Waals surface area contributed by atoms with Gasteiger partial charge in [0.25, 0.3) is 0 Å². The van der Waals surface area contributed by atoms with Gasteiger partial charge >= 0.3 is 5.63 Å². The van der Waals surface area contributed by atoms with Crippen molar-refractivity contribution >= 4 is 22.5 Å². The Hall–Kier alpha value is -2.51. The fraction of sp³-hybridized carbons (Fsp3) is 0.111. The summed E-state index contributed by atoms with van der Waals surface area (Å²) in [5.41, 5.74) is 1.15. The van der Waals surface area contributed by atoms with Crippen molar-refractivity contribution in [3.63, 3.8) is 0 Å². The predicted molar refractivity (Wildman–Crippen MR) is 89.2 cm³/mol. The smallest absolute Gasteiger partial charge is 0.355 e. The summed E-state index contributed by atoms with van der Waals surface area (Å²) in [5.74, 6) is 0.527. The third kappa shape index (κ3) is 2.30. The van der Waals surface area contributed by atoms with E-state index in [1.807, 2.05) is 61.7 Å². The van der Waals surface area contributed by atoms with Crippen LogP contribution in [-0.4, -0.2) is 6.26 Å². The van der Waals surface area contributed by atoms with Crippen molar-refractivity contribution in [1.82, 2.24) is 0 Å². The first-order valence-corrected chi connectivity index (χ1v) is 7.99. The van der Waals surface area contributed by atoms with Gasteiger partial charge < -0.3 is 4.42 Å². The first-order valence-electron chi connectivity index (χ1n) is 6.76. The van der Waals surface area contributed by atoms with Crippen molar-refractivity contribution in [3.8, 4) is 17.4 Å². The van der Waals surface area contributed by atoms with Crippen LogP contribution in [0.25, 0.3) is 22.1 Å². The molecule has 0 aliphatic heterocycles. The second kappa shape index (κ2) is 5.70. The minimum Gasteiger partial charge on any atom is -0.421 e. The zero-order valence-corrected chi connectivity index (χ0v) is 13.0. The molecule has 3 rings (SSSR count). The number of thioether (sulfide) groups is 1. The summed E-state index contributed by atoms with van der Waals surface area (Å²) in [6.07, 6.45) is 1.85. The first-order chi connectivity index (χ1) is 10.7. The average molecular weight is 307 g/mol. The van der Waals surface area contributed by atoms with Crippen LogP contribution in [0.4, 0.5) is 0 Å². The molecule has 22 heavy (non-hydrogen) atoms. The van der Waals surface area contributed by atoms with Crippen LogP contribution in [0.15, 0.2) is 56.6 Å². The number of fused-ring (bicyclic) bond motifs is 1. The van der Waals surface area contributed by atoms with Gasteiger partial charge in [0.2, 0.25) is 0 Å². The number of nitrogens with zero attached hydrogens (tertiary/aromatic N) is 1. The quantitative estimate of drug-likeness (QED) is 0.660. The van der Waals surface area contributed by atoms with Crippen LogP contribution in [-0.2, 0) is 0 Å². The highest BCUT2D eigenvalue weighted by Crippen LogP contribution is 2.32. The molecule has 0 bridgehead atoms. The average Bonchev–Trinajstić information content (AvgIpc) is 2.55. The third-order valence-electron chi connectivity index (χ3n) is 3.63. The zero-order valence-electron chi connectivity index (χ0n) is 12.2. The molecule has 0 atom stereocenters. The molecule has 0 spiro atoms. The van der Waals surface area contributed by atoms with Gasteiger partial charge in [-0.2, -0.15) is 5.26 Å². The number of hydrogen-bond donors (Lipinski definition) is 0. The molecular formula is C18H13NO2S. The van der Waals surface area contributed by atoms with E-state index in [0.717, 1.165) is 21.9 Å². The first kappa shape index (κ1) is 14.4. The normalized spacial score (nSPS) is 10.6. The van der Waals surface area contributed by atoms with Gasteiger partial charge in [-0.3, -0.25) is 0 Å². The van der Waals surface area contributed by atoms with E-state index in [4.69, 9.17) is 9.68 Å². The SMILES string of the molecule is CSc1c(C)c(-c2ccc3ccccc3c2)oc(=O)c1C#N. The van der Waals surface area contributed by atoms with Crippen LogP contribution in [0, 0.1) is 18.3 Å². The number of benzene rings is 2. The van der Waals surface area contributed by atoms with Crippen molar-refractivity contribution in [2.75, 3.05) is 6.26 Å². The summed E-state index contributed by atoms with van der Waals surface area (Å²) in [7, 11) is 0. The maximum Gasteiger partial charge on any atom is 0.355 e. The molecule has 2 aromatic carbocycles. The van der Waals surface area contributed by atoms with Crippen LogP contribution >= 0.6 is 11.8 Å². The molecule has 4 heteroatoms. The van der Waals surface area contributed by atoms with Crippen molar-refractivity contribution in [1.29, 1.82) is 5.26 Å². The minimum atomic E-state index is -0.583. The monoisotopic (exact) mass is 307 g/mol. The van der Waals surface area contributed by atoms with Gasteiger partial charge in [0.15, 0.2) is 5.56 Å². The molecule has 3 aromatic rings. The molecule has 0 radical (unpaired) electrons. The Labute approximate surface area is 132 Å². The Kier molecular flexibility index (Phi) is 3.74. The van der Waals surface area contributed by atoms with E-state index in [1.54, 1.807) is 0 Å². The Morgan fingerprint density at radius 3 is 2.55 bits per heavy atom. The summed E-state index contributed by atoms with van der Waals surface area (Å²) in [6, 6.07) is 15.9. The van der Waals surface area contributed by atoms with Crippen molar-refractivity contribution in [2.24, 2.45) is 0 Å². The predicted octanol–water partition coefficient (Wildman–Crippen LogP) is 4.36. The van der Waals surface area contributed by atoms with E-state index in [2.05, 4.69) is 0 Å². The van der Waals surface area contributed by atoms with Gasteiger partial charge in [-0.25, -0.2) is 4.79 Å². The number of hydrogen-bond acceptors (Lipinski definition) is 4. The number of rotatable bonds is 2. The van der Waals surface area contributed by atoms with E-state index < -0.39 is 5.63 Å². The van der Waals surface area contributed by atoms with E-state index >= 15 is 0 Å². The molecule has 108 valence electrons. The number of nitriles is 1. The Bertz CT molecular complexity index is 967. The highest BCUT2D eigenvalue weighted by atomic mass is 32.2. The highest BCUT2D eigenvalue weighted by molar-refractivity contribution is 7.98. The molecule has 0 amide bonds. The Morgan fingerprint density at radius 2 is 1.86 bits per heavy atom. The summed E-state index contributed by atoms with van der Waals surface area (Å²) >= 11 is 1.39. The van der Waals surface area contributed by atoms with Gasteiger partial charge in [-0.05, 0) is 30.0 Å². The van der Waals surface area contributed by atoms with Crippen LogP contribution in [0.1, 0.15) is 11.1 Å². The van der Waals surface area contributed by atoms with Gasteiger partial charge in [-0.1, -0.05) is 36.4 Å². The molecule has 0 N–H and O–H groups in total. The molecule has 3 nitrogen and oxygen atoms in total. The van der Waals surface area contributed by atoms with E-state index in [1.165, 1.54) is 11.8 Å². The van der Waals surface area contributed by atoms with Gasteiger partial charge in [0.05, 0.1) is 0 Å². The fourth-order valence-corrected chi connectivity index (χ4v) is 3.29. The van der Waals surface area contributed by atoms with Gasteiger partial charge in [-0.15, -0.1) is 11.8 Å². The summed E-state index contributed by atoms with van der Waals surface area (Å²) in [4.78, 5) is 12.7. The van der Waals surface area contributed by atoms with E-state index in [9.17, 15) is 4.79 Å². The second-order valence-corrected chi connectivity index (χ2v) is 5.74. The van der Waals surface area contributed by atoms with Crippen LogP contribution in [0.3, 0.4) is 0 Å². The molecule has 0 saturated heterocycles. The van der Waals surface area contributed by atoms with Crippen LogP contribution in [0.5, 0.6) is 0 Å². The maximum absolute atomic E-state index is 12.0. The fourth-order valence-electron chi connectivity index (χ4n) is 2.56. The lowest BCUT2D eigenvalue weighted by Crippen LogP contribution is -2.08. The van der Waals surface area contributed by atoms with Crippen molar-refractivity contribution < 1.29 is 4.42 Å². The molecule has 0 saturated carbocycles. The van der Waals surface area contributed by atoms with E-state index in [0.29, 0.717) is 10.7 Å². The zero-order chi connectivity index (χ0) is 15.7. The van der Waals surface area contributed by atoms with Crippen LogP contribution < -0.4 is 5.63 Å². The lowest BCUT2D eigenvalue weighted by atomic mass is 10.0. The molecule has 0 unspecified atom stereocenters. The van der Waals surface area contributed by atoms with Crippen molar-refractivity contribution in [2.45, 2.75) is 11.8 Å². The molecule has 0 fully saturated rings. The van der Waals surface area contributed by atoms with E-state index in [-0.39, 0.29) is 5.56 Å². The Balaban J connectivity index is 2.29. The van der Waals surface area contributed by atoms with Gasteiger partial charge in [0, 0.05) is 16.0 Å².